The van der Waals surface area contributed by atoms with E-state index in [4.69, 9.17) is 5.73 Å². The Kier molecular flexibility index (Phi) is 5.60. The van der Waals surface area contributed by atoms with Gasteiger partial charge in [0.1, 0.15) is 0 Å². The molecule has 3 aromatic rings. The minimum absolute atomic E-state index is 0.00813. The number of benzene rings is 3. The van der Waals surface area contributed by atoms with E-state index >= 15 is 0 Å². The number of anilines is 2. The molecule has 4 N–H and O–H groups in total. The second kappa shape index (κ2) is 8.71. The normalized spacial score (nSPS) is 20.7. The largest absolute Gasteiger partial charge is 0.398 e. The smallest absolute Gasteiger partial charge is 0.322 e. The Morgan fingerprint density at radius 1 is 1.03 bits per heavy atom. The second-order valence-corrected chi connectivity index (χ2v) is 8.67. The van der Waals surface area contributed by atoms with Gasteiger partial charge >= 0.3 is 6.03 Å². The lowest BCUT2D eigenvalue weighted by atomic mass is 9.98. The molecule has 6 heteroatoms. The summed E-state index contributed by atoms with van der Waals surface area (Å²) in [6.45, 7) is 2.60. The highest BCUT2D eigenvalue weighted by molar-refractivity contribution is 6.03. The molecule has 3 unspecified atom stereocenters. The fourth-order valence-corrected chi connectivity index (χ4v) is 4.90. The van der Waals surface area contributed by atoms with Crippen molar-refractivity contribution >= 4 is 23.2 Å². The zero-order valence-corrected chi connectivity index (χ0v) is 18.6. The number of hydrogen-bond donors (Lipinski definition) is 3. The monoisotopic (exact) mass is 440 g/mol. The van der Waals surface area contributed by atoms with Crippen molar-refractivity contribution in [2.45, 2.75) is 37.9 Å². The molecular weight excluding hydrogens is 412 g/mol. The summed E-state index contributed by atoms with van der Waals surface area (Å²) in [5, 5.41) is 6.27. The Morgan fingerprint density at radius 2 is 1.79 bits per heavy atom. The first-order valence-corrected chi connectivity index (χ1v) is 11.5. The van der Waals surface area contributed by atoms with Crippen LogP contribution in [0.25, 0.3) is 0 Å². The third-order valence-corrected chi connectivity index (χ3v) is 6.67. The molecule has 5 rings (SSSR count). The number of nitrogen functional groups attached to an aromatic ring is 1. The summed E-state index contributed by atoms with van der Waals surface area (Å²) in [5.41, 5.74) is 11.5. The molecule has 1 fully saturated rings. The van der Waals surface area contributed by atoms with Crippen LogP contribution in [-0.2, 0) is 6.42 Å². The molecule has 0 spiro atoms. The molecule has 2 aliphatic rings. The Bertz CT molecular complexity index is 1190. The number of nitrogens with zero attached hydrogens (tertiary/aromatic N) is 1. The molecule has 6 nitrogen and oxygen atoms in total. The molecule has 1 aliphatic heterocycles. The van der Waals surface area contributed by atoms with Gasteiger partial charge in [0.15, 0.2) is 5.78 Å². The van der Waals surface area contributed by atoms with Crippen molar-refractivity contribution in [3.05, 3.63) is 95.1 Å². The van der Waals surface area contributed by atoms with Gasteiger partial charge in [-0.25, -0.2) is 4.79 Å². The number of nitrogens with one attached hydrogen (secondary N) is 2. The number of Topliss-reactive ketones (excluding diaryl/α,β-unsaturated/α-hetero) is 1. The van der Waals surface area contributed by atoms with Gasteiger partial charge in [-0.3, -0.25) is 10.1 Å². The fourth-order valence-electron chi connectivity index (χ4n) is 4.90. The lowest BCUT2D eigenvalue weighted by Gasteiger charge is -2.29. The molecule has 2 amide bonds. The third-order valence-electron chi connectivity index (χ3n) is 6.67. The number of para-hydroxylation sites is 2. The van der Waals surface area contributed by atoms with Crippen LogP contribution in [-0.4, -0.2) is 29.3 Å². The van der Waals surface area contributed by atoms with Crippen LogP contribution in [0, 0.1) is 0 Å². The van der Waals surface area contributed by atoms with E-state index in [0.717, 1.165) is 35.2 Å². The van der Waals surface area contributed by atoms with E-state index in [0.29, 0.717) is 17.8 Å². The Morgan fingerprint density at radius 3 is 2.55 bits per heavy atom. The number of urea groups is 1. The predicted octanol–water partition coefficient (Wildman–Crippen LogP) is 4.71. The summed E-state index contributed by atoms with van der Waals surface area (Å²) < 4.78 is 0. The average Bonchev–Trinajstić information content (AvgIpc) is 3.52. The molecule has 3 atom stereocenters. The van der Waals surface area contributed by atoms with Crippen molar-refractivity contribution in [1.82, 2.24) is 10.2 Å². The summed E-state index contributed by atoms with van der Waals surface area (Å²) in [6, 6.07) is 22.7. The van der Waals surface area contributed by atoms with Gasteiger partial charge in [0.25, 0.3) is 0 Å². The number of rotatable bonds is 6. The summed E-state index contributed by atoms with van der Waals surface area (Å²) in [5.74, 6) is 0.0867. The zero-order chi connectivity index (χ0) is 22.9. The van der Waals surface area contributed by atoms with Crippen LogP contribution in [0.5, 0.6) is 0 Å². The summed E-state index contributed by atoms with van der Waals surface area (Å²) in [6.07, 6.45) is 1.71. The molecule has 1 saturated heterocycles. The lowest BCUT2D eigenvalue weighted by molar-refractivity contribution is 0.0988. The van der Waals surface area contributed by atoms with Gasteiger partial charge in [-0.05, 0) is 60.7 Å². The highest BCUT2D eigenvalue weighted by Crippen LogP contribution is 2.39. The van der Waals surface area contributed by atoms with Crippen LogP contribution in [0.3, 0.4) is 0 Å². The second-order valence-electron chi connectivity index (χ2n) is 8.67. The van der Waals surface area contributed by atoms with E-state index in [-0.39, 0.29) is 29.9 Å². The Balaban J connectivity index is 1.30. The molecule has 0 saturated carbocycles. The fraction of sp³-hybridized carbons (Fsp3) is 0.259. The van der Waals surface area contributed by atoms with Crippen LogP contribution in [0.4, 0.5) is 16.2 Å². The molecule has 1 aliphatic carbocycles. The topological polar surface area (TPSA) is 97.4 Å². The van der Waals surface area contributed by atoms with Crippen LogP contribution in [0.15, 0.2) is 72.8 Å². The maximum atomic E-state index is 13.1. The molecule has 168 valence electrons. The van der Waals surface area contributed by atoms with Gasteiger partial charge in [-0.2, -0.15) is 0 Å². The number of fused-ring (bicyclic) bond motifs is 1. The van der Waals surface area contributed by atoms with Crippen molar-refractivity contribution in [2.24, 2.45) is 0 Å². The number of carbonyl (C=O) groups excluding carboxylic acids is 2. The maximum Gasteiger partial charge on any atom is 0.322 e. The minimum Gasteiger partial charge on any atom is -0.398 e. The summed E-state index contributed by atoms with van der Waals surface area (Å²) in [4.78, 5) is 27.9. The zero-order valence-electron chi connectivity index (χ0n) is 18.6. The van der Waals surface area contributed by atoms with E-state index in [1.807, 2.05) is 84.6 Å². The van der Waals surface area contributed by atoms with Crippen molar-refractivity contribution in [1.29, 1.82) is 0 Å². The highest BCUT2D eigenvalue weighted by atomic mass is 16.2. The van der Waals surface area contributed by atoms with Crippen molar-refractivity contribution < 1.29 is 9.59 Å². The average molecular weight is 441 g/mol. The minimum atomic E-state index is -0.242. The molecular formula is C27H28N4O2. The number of ketones is 1. The number of carbonyl (C=O) groups is 2. The van der Waals surface area contributed by atoms with Gasteiger partial charge in [0, 0.05) is 23.5 Å². The quantitative estimate of drug-likeness (QED) is 0.294. The van der Waals surface area contributed by atoms with Crippen LogP contribution in [0.2, 0.25) is 0 Å². The molecule has 33 heavy (non-hydrogen) atoms. The first-order valence-electron chi connectivity index (χ1n) is 11.5. The van der Waals surface area contributed by atoms with Gasteiger partial charge in [0.05, 0.1) is 18.1 Å². The Hall–Kier alpha value is -3.64. The summed E-state index contributed by atoms with van der Waals surface area (Å²) in [7, 11) is 0. The third kappa shape index (κ3) is 4.10. The van der Waals surface area contributed by atoms with Crippen LogP contribution < -0.4 is 16.4 Å². The number of aryl methyl sites for hydroxylation is 1. The number of amides is 2. The predicted molar refractivity (Wildman–Crippen MR) is 130 cm³/mol. The van der Waals surface area contributed by atoms with Gasteiger partial charge in [-0.1, -0.05) is 48.5 Å². The van der Waals surface area contributed by atoms with Crippen LogP contribution >= 0.6 is 0 Å². The van der Waals surface area contributed by atoms with Gasteiger partial charge in [0.2, 0.25) is 0 Å². The lowest BCUT2D eigenvalue weighted by Crippen LogP contribution is -2.37. The highest BCUT2D eigenvalue weighted by Gasteiger charge is 2.44. The number of hydrogen-bond acceptors (Lipinski definition) is 4. The molecule has 0 radical (unpaired) electrons. The molecule has 1 heterocycles. The van der Waals surface area contributed by atoms with Crippen LogP contribution in [0.1, 0.15) is 52.5 Å². The van der Waals surface area contributed by atoms with Crippen molar-refractivity contribution in [2.75, 3.05) is 17.6 Å². The van der Waals surface area contributed by atoms with Crippen molar-refractivity contribution in [3.8, 4) is 0 Å². The van der Waals surface area contributed by atoms with E-state index < -0.39 is 0 Å². The van der Waals surface area contributed by atoms with Gasteiger partial charge < -0.3 is 16.0 Å². The van der Waals surface area contributed by atoms with Crippen molar-refractivity contribution in [3.63, 3.8) is 0 Å². The van der Waals surface area contributed by atoms with E-state index in [2.05, 4.69) is 10.6 Å². The van der Waals surface area contributed by atoms with Gasteiger partial charge in [-0.15, -0.1) is 0 Å². The standard InChI is InChI=1S/C27H28N4O2/c1-2-31(27(33)29-19-8-4-3-5-9-19)23-15-13-17-16-18(12-14-20(17)23)26(32)25-24(30-25)21-10-6-7-11-22(21)28/h3-12,14,16,23-25,30H,2,13,15,28H2,1H3,(H,29,33). The maximum absolute atomic E-state index is 13.1. The molecule has 0 aromatic heterocycles. The van der Waals surface area contributed by atoms with E-state index in [1.54, 1.807) is 0 Å². The van der Waals surface area contributed by atoms with E-state index in [1.165, 1.54) is 0 Å². The molecule has 0 bridgehead atoms. The summed E-state index contributed by atoms with van der Waals surface area (Å²) >= 11 is 0. The first-order chi connectivity index (χ1) is 16.1. The first kappa shape index (κ1) is 21.2. The Labute approximate surface area is 193 Å². The SMILES string of the molecule is CCN(C(=O)Nc1ccccc1)C1CCc2cc(C(=O)C3NC3c3ccccc3N)ccc21. The van der Waals surface area contributed by atoms with E-state index in [9.17, 15) is 9.59 Å². The molecule has 3 aromatic carbocycles. The number of nitrogens with two attached hydrogens (primary N) is 1.